The molecule has 0 radical (unpaired) electrons. The van der Waals surface area contributed by atoms with Gasteiger partial charge in [-0.2, -0.15) is 0 Å². The summed E-state index contributed by atoms with van der Waals surface area (Å²) in [5.41, 5.74) is 0. The van der Waals surface area contributed by atoms with Crippen molar-refractivity contribution in [2.45, 2.75) is 38.5 Å². The average Bonchev–Trinajstić information content (AvgIpc) is 2.29. The molecular formula is C10H18ClNO3. The van der Waals surface area contributed by atoms with Crippen molar-refractivity contribution < 1.29 is 14.3 Å². The Bertz CT molecular complexity index is 223. The summed E-state index contributed by atoms with van der Waals surface area (Å²) in [4.78, 5) is 10.9. The van der Waals surface area contributed by atoms with Gasteiger partial charge in [0.1, 0.15) is 0 Å². The van der Waals surface area contributed by atoms with Gasteiger partial charge in [0.05, 0.1) is 24.6 Å². The summed E-state index contributed by atoms with van der Waals surface area (Å²) < 4.78 is 11.0. The third-order valence-electron chi connectivity index (χ3n) is 2.23. The van der Waals surface area contributed by atoms with E-state index >= 15 is 0 Å². The van der Waals surface area contributed by atoms with Crippen LogP contribution in [-0.4, -0.2) is 36.8 Å². The number of rotatable bonds is 2. The van der Waals surface area contributed by atoms with Crippen LogP contribution in [0, 0.1) is 5.92 Å². The van der Waals surface area contributed by atoms with Crippen molar-refractivity contribution in [1.82, 2.24) is 5.32 Å². The second-order valence-corrected chi connectivity index (χ2v) is 4.66. The van der Waals surface area contributed by atoms with Crippen molar-refractivity contribution >= 4 is 17.5 Å². The lowest BCUT2D eigenvalue weighted by atomic mass is 10.2. The van der Waals surface area contributed by atoms with Crippen molar-refractivity contribution in [2.75, 3.05) is 13.2 Å². The first-order chi connectivity index (χ1) is 7.00. The predicted octanol–water partition coefficient (Wildman–Crippen LogP) is 1.13. The molecule has 0 aliphatic carbocycles. The van der Waals surface area contributed by atoms with Crippen molar-refractivity contribution in [3.8, 4) is 0 Å². The minimum Gasteiger partial charge on any atom is -0.351 e. The van der Waals surface area contributed by atoms with Crippen LogP contribution < -0.4 is 5.32 Å². The molecule has 1 fully saturated rings. The molecule has 1 aliphatic heterocycles. The summed E-state index contributed by atoms with van der Waals surface area (Å²) >= 11 is 6.08. The van der Waals surface area contributed by atoms with Crippen LogP contribution in [-0.2, 0) is 14.3 Å². The first-order valence-corrected chi connectivity index (χ1v) is 5.58. The third kappa shape index (κ3) is 3.97. The topological polar surface area (TPSA) is 47.6 Å². The van der Waals surface area contributed by atoms with E-state index < -0.39 is 0 Å². The largest absolute Gasteiger partial charge is 0.351 e. The number of carbonyl (C=O) groups excluding carboxylic acids is 1. The fraction of sp³-hybridized carbons (Fsp3) is 0.900. The van der Waals surface area contributed by atoms with E-state index in [0.29, 0.717) is 13.2 Å². The molecule has 4 nitrogen and oxygen atoms in total. The lowest BCUT2D eigenvalue weighted by Gasteiger charge is -2.19. The van der Waals surface area contributed by atoms with Gasteiger partial charge in [-0.1, -0.05) is 13.8 Å². The fourth-order valence-electron chi connectivity index (χ4n) is 1.43. The van der Waals surface area contributed by atoms with E-state index in [1.165, 1.54) is 6.92 Å². The van der Waals surface area contributed by atoms with E-state index in [-0.39, 0.29) is 29.5 Å². The minimum atomic E-state index is -0.238. The lowest BCUT2D eigenvalue weighted by molar-refractivity contribution is -0.152. The van der Waals surface area contributed by atoms with Crippen LogP contribution in [0.5, 0.6) is 0 Å². The Kier molecular flexibility index (Phi) is 4.83. The van der Waals surface area contributed by atoms with Gasteiger partial charge >= 0.3 is 0 Å². The number of hydrogen-bond donors (Lipinski definition) is 1. The van der Waals surface area contributed by atoms with Crippen LogP contribution in [0.15, 0.2) is 0 Å². The maximum atomic E-state index is 10.9. The maximum Gasteiger partial charge on any atom is 0.217 e. The molecule has 1 rings (SSSR count). The normalized spacial score (nSPS) is 32.5. The van der Waals surface area contributed by atoms with Crippen LogP contribution in [0.1, 0.15) is 20.8 Å². The molecule has 1 N–H and O–H groups in total. The van der Waals surface area contributed by atoms with Crippen molar-refractivity contribution in [1.29, 1.82) is 0 Å². The van der Waals surface area contributed by atoms with Crippen LogP contribution in [0.4, 0.5) is 0 Å². The Morgan fingerprint density at radius 1 is 1.40 bits per heavy atom. The number of halogens is 1. The molecule has 5 heteroatoms. The molecule has 15 heavy (non-hydrogen) atoms. The number of nitrogens with one attached hydrogen (secondary N) is 1. The molecule has 0 saturated carbocycles. The first-order valence-electron chi connectivity index (χ1n) is 5.15. The lowest BCUT2D eigenvalue weighted by Crippen LogP contribution is -2.43. The zero-order valence-corrected chi connectivity index (χ0v) is 10.1. The van der Waals surface area contributed by atoms with Gasteiger partial charge < -0.3 is 14.8 Å². The number of amides is 1. The Morgan fingerprint density at radius 2 is 2.00 bits per heavy atom. The molecule has 0 aromatic heterocycles. The molecule has 88 valence electrons. The van der Waals surface area contributed by atoms with Crippen molar-refractivity contribution in [2.24, 2.45) is 5.92 Å². The number of ether oxygens (including phenoxy) is 2. The van der Waals surface area contributed by atoms with Gasteiger partial charge in [0.2, 0.25) is 5.91 Å². The van der Waals surface area contributed by atoms with Gasteiger partial charge in [0.15, 0.2) is 6.29 Å². The second kappa shape index (κ2) is 5.68. The molecule has 3 atom stereocenters. The molecule has 0 bridgehead atoms. The maximum absolute atomic E-state index is 10.9. The van der Waals surface area contributed by atoms with Gasteiger partial charge in [-0.3, -0.25) is 4.79 Å². The molecule has 1 amide bonds. The monoisotopic (exact) mass is 235 g/mol. The molecular weight excluding hydrogens is 218 g/mol. The number of hydrogen-bond acceptors (Lipinski definition) is 3. The molecule has 3 unspecified atom stereocenters. The first kappa shape index (κ1) is 12.7. The van der Waals surface area contributed by atoms with Gasteiger partial charge in [0.25, 0.3) is 0 Å². The number of alkyl halides is 1. The SMILES string of the molecule is CC(=O)NC1COC(C(C)C)OCC1Cl. The van der Waals surface area contributed by atoms with E-state index in [9.17, 15) is 4.79 Å². The highest BCUT2D eigenvalue weighted by Gasteiger charge is 2.28. The van der Waals surface area contributed by atoms with Gasteiger partial charge in [-0.15, -0.1) is 11.6 Å². The van der Waals surface area contributed by atoms with Crippen molar-refractivity contribution in [3.63, 3.8) is 0 Å². The molecule has 1 aliphatic rings. The van der Waals surface area contributed by atoms with E-state index in [4.69, 9.17) is 21.1 Å². The predicted molar refractivity (Wildman–Crippen MR) is 57.8 cm³/mol. The fourth-order valence-corrected chi connectivity index (χ4v) is 1.64. The zero-order valence-electron chi connectivity index (χ0n) is 9.33. The van der Waals surface area contributed by atoms with Gasteiger partial charge in [0, 0.05) is 12.8 Å². The van der Waals surface area contributed by atoms with Crippen LogP contribution in [0.25, 0.3) is 0 Å². The summed E-state index contributed by atoms with van der Waals surface area (Å²) in [5, 5.41) is 2.52. The van der Waals surface area contributed by atoms with E-state index in [1.54, 1.807) is 0 Å². The third-order valence-corrected chi connectivity index (χ3v) is 2.66. The van der Waals surface area contributed by atoms with Crippen LogP contribution in [0.3, 0.4) is 0 Å². The quantitative estimate of drug-likeness (QED) is 0.730. The molecule has 1 heterocycles. The Labute approximate surface area is 95.3 Å². The second-order valence-electron chi connectivity index (χ2n) is 4.10. The van der Waals surface area contributed by atoms with Gasteiger partial charge in [-0.05, 0) is 0 Å². The molecule has 0 aromatic rings. The summed E-state index contributed by atoms with van der Waals surface area (Å²) in [6.07, 6.45) is -0.231. The number of carbonyl (C=O) groups is 1. The van der Waals surface area contributed by atoms with E-state index in [2.05, 4.69) is 5.32 Å². The Morgan fingerprint density at radius 3 is 2.53 bits per heavy atom. The zero-order chi connectivity index (χ0) is 11.4. The van der Waals surface area contributed by atoms with Crippen LogP contribution >= 0.6 is 11.6 Å². The average molecular weight is 236 g/mol. The van der Waals surface area contributed by atoms with Gasteiger partial charge in [-0.25, -0.2) is 0 Å². The van der Waals surface area contributed by atoms with Crippen LogP contribution in [0.2, 0.25) is 0 Å². The summed E-state index contributed by atoms with van der Waals surface area (Å²) in [6.45, 7) is 6.31. The summed E-state index contributed by atoms with van der Waals surface area (Å²) in [7, 11) is 0. The van der Waals surface area contributed by atoms with E-state index in [0.717, 1.165) is 0 Å². The molecule has 1 saturated heterocycles. The summed E-state index contributed by atoms with van der Waals surface area (Å²) in [5.74, 6) is 0.183. The molecule has 0 aromatic carbocycles. The highest BCUT2D eigenvalue weighted by Crippen LogP contribution is 2.17. The Balaban J connectivity index is 2.51. The summed E-state index contributed by atoms with van der Waals surface area (Å²) in [6, 6.07) is -0.173. The highest BCUT2D eigenvalue weighted by atomic mass is 35.5. The van der Waals surface area contributed by atoms with Crippen molar-refractivity contribution in [3.05, 3.63) is 0 Å². The molecule has 0 spiro atoms. The smallest absolute Gasteiger partial charge is 0.217 e. The standard InChI is InChI=1S/C10H18ClNO3/c1-6(2)10-14-4-8(11)9(5-15-10)12-7(3)13/h6,8-10H,4-5H2,1-3H3,(H,12,13). The van der Waals surface area contributed by atoms with E-state index in [1.807, 2.05) is 13.8 Å². The Hall–Kier alpha value is -0.320. The minimum absolute atomic E-state index is 0.0998. The highest BCUT2D eigenvalue weighted by molar-refractivity contribution is 6.21.